The monoisotopic (exact) mass is 469 g/mol. The van der Waals surface area contributed by atoms with Crippen LogP contribution in [0.2, 0.25) is 0 Å². The SMILES string of the molecule is CS(=O)(=O)Nc1ccccc1CNC(=O)N1CCN(C(=O)Cc2c[nH]c3ccccc23)CC1. The lowest BCUT2D eigenvalue weighted by Gasteiger charge is -2.34. The van der Waals surface area contributed by atoms with Gasteiger partial charge in [-0.1, -0.05) is 36.4 Å². The summed E-state index contributed by atoms with van der Waals surface area (Å²) in [5, 5.41) is 3.89. The zero-order valence-electron chi connectivity index (χ0n) is 18.4. The van der Waals surface area contributed by atoms with Gasteiger partial charge in [0.05, 0.1) is 18.4 Å². The number of carbonyl (C=O) groups excluding carboxylic acids is 2. The molecular formula is C23H27N5O4S. The number of nitrogens with zero attached hydrogens (tertiary/aromatic N) is 2. The maximum atomic E-state index is 12.8. The predicted molar refractivity (Wildman–Crippen MR) is 127 cm³/mol. The van der Waals surface area contributed by atoms with Crippen LogP contribution in [0, 0.1) is 0 Å². The van der Waals surface area contributed by atoms with Gasteiger partial charge >= 0.3 is 6.03 Å². The average Bonchev–Trinajstić information content (AvgIpc) is 3.20. The molecule has 1 aromatic heterocycles. The second-order valence-corrected chi connectivity index (χ2v) is 9.84. The molecule has 10 heteroatoms. The number of aromatic amines is 1. The van der Waals surface area contributed by atoms with Crippen LogP contribution in [0.1, 0.15) is 11.1 Å². The Morgan fingerprint density at radius 1 is 0.939 bits per heavy atom. The lowest BCUT2D eigenvalue weighted by Crippen LogP contribution is -2.53. The summed E-state index contributed by atoms with van der Waals surface area (Å²) in [6, 6.07) is 14.6. The van der Waals surface area contributed by atoms with Gasteiger partial charge in [0.15, 0.2) is 0 Å². The van der Waals surface area contributed by atoms with Crippen LogP contribution in [0.25, 0.3) is 10.9 Å². The highest BCUT2D eigenvalue weighted by molar-refractivity contribution is 7.92. The molecule has 0 unspecified atom stereocenters. The lowest BCUT2D eigenvalue weighted by molar-refractivity contribution is -0.131. The molecule has 1 fully saturated rings. The Kier molecular flexibility index (Phi) is 6.55. The third kappa shape index (κ3) is 5.64. The number of benzene rings is 2. The highest BCUT2D eigenvalue weighted by atomic mass is 32.2. The van der Waals surface area contributed by atoms with E-state index in [1.54, 1.807) is 34.1 Å². The van der Waals surface area contributed by atoms with E-state index in [9.17, 15) is 18.0 Å². The number of fused-ring (bicyclic) bond motifs is 1. The molecule has 0 saturated carbocycles. The highest BCUT2D eigenvalue weighted by Gasteiger charge is 2.24. The number of nitrogens with one attached hydrogen (secondary N) is 3. The van der Waals surface area contributed by atoms with Crippen LogP contribution in [0.4, 0.5) is 10.5 Å². The molecule has 3 amide bonds. The number of amides is 3. The van der Waals surface area contributed by atoms with Gasteiger partial charge in [-0.3, -0.25) is 9.52 Å². The zero-order chi connectivity index (χ0) is 23.4. The van der Waals surface area contributed by atoms with E-state index in [-0.39, 0.29) is 18.5 Å². The van der Waals surface area contributed by atoms with Crippen molar-refractivity contribution >= 4 is 38.6 Å². The fourth-order valence-electron chi connectivity index (χ4n) is 3.97. The molecule has 2 aromatic carbocycles. The van der Waals surface area contributed by atoms with Crippen LogP contribution in [0.15, 0.2) is 54.7 Å². The number of rotatable bonds is 6. The van der Waals surface area contributed by atoms with Crippen LogP contribution in [0.5, 0.6) is 0 Å². The van der Waals surface area contributed by atoms with E-state index >= 15 is 0 Å². The Labute approximate surface area is 192 Å². The Hall–Kier alpha value is -3.53. The number of anilines is 1. The van der Waals surface area contributed by atoms with Crippen LogP contribution < -0.4 is 10.0 Å². The number of para-hydroxylation sites is 2. The summed E-state index contributed by atoms with van der Waals surface area (Å²) in [4.78, 5) is 32.1. The van der Waals surface area contributed by atoms with Gasteiger partial charge in [0.25, 0.3) is 0 Å². The first-order chi connectivity index (χ1) is 15.8. The standard InChI is InChI=1S/C23H27N5O4S/c1-33(31,32)26-20-8-4-2-6-17(20)15-25-23(30)28-12-10-27(11-13-28)22(29)14-18-16-24-21-9-5-3-7-19(18)21/h2-9,16,24,26H,10-15H2,1H3,(H,25,30). The van der Waals surface area contributed by atoms with Crippen molar-refractivity contribution in [1.29, 1.82) is 0 Å². The van der Waals surface area contributed by atoms with Crippen LogP contribution in [-0.4, -0.2) is 67.6 Å². The van der Waals surface area contributed by atoms with Gasteiger partial charge in [0, 0.05) is 49.8 Å². The largest absolute Gasteiger partial charge is 0.361 e. The topological polar surface area (TPSA) is 115 Å². The third-order valence-electron chi connectivity index (χ3n) is 5.68. The first kappa shape index (κ1) is 22.7. The highest BCUT2D eigenvalue weighted by Crippen LogP contribution is 2.19. The molecule has 3 aromatic rings. The minimum absolute atomic E-state index is 0.0422. The van der Waals surface area contributed by atoms with Gasteiger partial charge in [-0.15, -0.1) is 0 Å². The number of hydrogen-bond acceptors (Lipinski definition) is 4. The summed E-state index contributed by atoms with van der Waals surface area (Å²) >= 11 is 0. The van der Waals surface area contributed by atoms with Crippen molar-refractivity contribution in [3.63, 3.8) is 0 Å². The van der Waals surface area contributed by atoms with E-state index < -0.39 is 10.0 Å². The smallest absolute Gasteiger partial charge is 0.317 e. The first-order valence-electron chi connectivity index (χ1n) is 10.7. The van der Waals surface area contributed by atoms with Crippen molar-refractivity contribution in [2.45, 2.75) is 13.0 Å². The Morgan fingerprint density at radius 2 is 1.61 bits per heavy atom. The van der Waals surface area contributed by atoms with Crippen molar-refractivity contribution in [2.75, 3.05) is 37.2 Å². The van der Waals surface area contributed by atoms with Crippen molar-refractivity contribution in [1.82, 2.24) is 20.1 Å². The minimum atomic E-state index is -3.42. The molecule has 3 N–H and O–H groups in total. The van der Waals surface area contributed by atoms with E-state index in [1.807, 2.05) is 30.5 Å². The molecule has 1 saturated heterocycles. The van der Waals surface area contributed by atoms with Crippen molar-refractivity contribution in [3.8, 4) is 0 Å². The summed E-state index contributed by atoms with van der Waals surface area (Å²) < 4.78 is 25.6. The van der Waals surface area contributed by atoms with Crippen molar-refractivity contribution in [2.24, 2.45) is 0 Å². The molecule has 2 heterocycles. The molecule has 0 radical (unpaired) electrons. The van der Waals surface area contributed by atoms with Crippen LogP contribution in [0.3, 0.4) is 0 Å². The molecule has 33 heavy (non-hydrogen) atoms. The summed E-state index contributed by atoms with van der Waals surface area (Å²) in [5.74, 6) is 0.0422. The molecular weight excluding hydrogens is 442 g/mol. The van der Waals surface area contributed by atoms with Gasteiger partial charge in [0.2, 0.25) is 15.9 Å². The fourth-order valence-corrected chi connectivity index (χ4v) is 4.57. The molecule has 174 valence electrons. The normalized spacial score (nSPS) is 14.3. The Bertz CT molecular complexity index is 1260. The number of H-pyrrole nitrogens is 1. The van der Waals surface area contributed by atoms with Crippen molar-refractivity contribution in [3.05, 3.63) is 65.9 Å². The second kappa shape index (κ2) is 9.53. The minimum Gasteiger partial charge on any atom is -0.361 e. The molecule has 0 spiro atoms. The van der Waals surface area contributed by atoms with Gasteiger partial charge < -0.3 is 20.1 Å². The summed E-state index contributed by atoms with van der Waals surface area (Å²) in [5.41, 5.74) is 3.09. The molecule has 0 aliphatic carbocycles. The quantitative estimate of drug-likeness (QED) is 0.513. The maximum absolute atomic E-state index is 12.8. The van der Waals surface area contributed by atoms with E-state index in [1.165, 1.54) is 0 Å². The molecule has 1 aliphatic rings. The zero-order valence-corrected chi connectivity index (χ0v) is 19.2. The molecule has 0 bridgehead atoms. The van der Waals surface area contributed by atoms with Gasteiger partial charge in [-0.05, 0) is 23.3 Å². The van der Waals surface area contributed by atoms with Gasteiger partial charge in [0.1, 0.15) is 0 Å². The summed E-state index contributed by atoms with van der Waals surface area (Å²) in [6.07, 6.45) is 3.28. The fraction of sp³-hybridized carbons (Fsp3) is 0.304. The maximum Gasteiger partial charge on any atom is 0.317 e. The summed E-state index contributed by atoms with van der Waals surface area (Å²) in [6.45, 7) is 2.02. The Balaban J connectivity index is 1.28. The van der Waals surface area contributed by atoms with E-state index in [4.69, 9.17) is 0 Å². The lowest BCUT2D eigenvalue weighted by atomic mass is 10.1. The number of aromatic nitrogens is 1. The van der Waals surface area contributed by atoms with E-state index in [0.717, 1.165) is 22.7 Å². The number of carbonyl (C=O) groups is 2. The molecule has 4 rings (SSSR count). The molecule has 0 atom stereocenters. The van der Waals surface area contributed by atoms with Gasteiger partial charge in [-0.2, -0.15) is 0 Å². The Morgan fingerprint density at radius 3 is 2.36 bits per heavy atom. The van der Waals surface area contributed by atoms with Crippen LogP contribution in [-0.2, 0) is 27.8 Å². The molecule has 9 nitrogen and oxygen atoms in total. The predicted octanol–water partition coefficient (Wildman–Crippen LogP) is 2.14. The van der Waals surface area contributed by atoms with Gasteiger partial charge in [-0.25, -0.2) is 13.2 Å². The number of urea groups is 1. The average molecular weight is 470 g/mol. The van der Waals surface area contributed by atoms with E-state index in [2.05, 4.69) is 15.0 Å². The summed E-state index contributed by atoms with van der Waals surface area (Å²) in [7, 11) is -3.42. The van der Waals surface area contributed by atoms with Crippen molar-refractivity contribution < 1.29 is 18.0 Å². The second-order valence-electron chi connectivity index (χ2n) is 8.09. The third-order valence-corrected chi connectivity index (χ3v) is 6.27. The molecule has 1 aliphatic heterocycles. The van der Waals surface area contributed by atoms with Crippen LogP contribution >= 0.6 is 0 Å². The van der Waals surface area contributed by atoms with E-state index in [0.29, 0.717) is 43.9 Å². The number of hydrogen-bond donors (Lipinski definition) is 3. The first-order valence-corrected chi connectivity index (χ1v) is 12.6. The number of piperazine rings is 1. The number of sulfonamides is 1.